The van der Waals surface area contributed by atoms with Crippen molar-refractivity contribution in [3.05, 3.63) is 24.3 Å². The molecular weight excluding hydrogens is 204 g/mol. The van der Waals surface area contributed by atoms with Gasteiger partial charge < -0.3 is 9.84 Å². The molecule has 76 valence electrons. The van der Waals surface area contributed by atoms with Crippen LogP contribution in [-0.2, 0) is 9.84 Å². The maximum absolute atomic E-state index is 10.8. The van der Waals surface area contributed by atoms with Gasteiger partial charge >= 0.3 is 0 Å². The standard InChI is InChI=1S/C9H10O4S/c10-8-3-1-2-4-9(8)13-7-5-14(11,12)6-7/h1-4,7,10H,5-6H2. The molecule has 2 rings (SSSR count). The second-order valence-corrected chi connectivity index (χ2v) is 5.44. The molecular formula is C9H10O4S. The molecule has 0 atom stereocenters. The minimum atomic E-state index is -2.87. The largest absolute Gasteiger partial charge is 0.504 e. The van der Waals surface area contributed by atoms with Crippen molar-refractivity contribution in [2.45, 2.75) is 6.10 Å². The first-order chi connectivity index (χ1) is 6.57. The van der Waals surface area contributed by atoms with E-state index in [1.807, 2.05) is 0 Å². The summed E-state index contributed by atoms with van der Waals surface area (Å²) in [4.78, 5) is 0. The minimum absolute atomic E-state index is 0.0387. The molecule has 1 aromatic rings. The van der Waals surface area contributed by atoms with Gasteiger partial charge in [0.1, 0.15) is 6.10 Å². The average Bonchev–Trinajstić information content (AvgIpc) is 2.05. The van der Waals surface area contributed by atoms with Crippen molar-refractivity contribution < 1.29 is 18.3 Å². The summed E-state index contributed by atoms with van der Waals surface area (Å²) in [5.41, 5.74) is 0. The Labute approximate surface area is 82.1 Å². The zero-order valence-electron chi connectivity index (χ0n) is 7.38. The molecule has 1 N–H and O–H groups in total. The number of sulfone groups is 1. The summed E-state index contributed by atoms with van der Waals surface area (Å²) in [5.74, 6) is 0.465. The smallest absolute Gasteiger partial charge is 0.161 e. The van der Waals surface area contributed by atoms with Crippen LogP contribution in [0, 0.1) is 0 Å². The number of benzene rings is 1. The first-order valence-electron chi connectivity index (χ1n) is 4.22. The molecule has 0 bridgehead atoms. The van der Waals surface area contributed by atoms with E-state index in [9.17, 15) is 13.5 Å². The second kappa shape index (κ2) is 3.16. The number of rotatable bonds is 2. The topological polar surface area (TPSA) is 63.6 Å². The predicted molar refractivity (Wildman–Crippen MR) is 51.2 cm³/mol. The van der Waals surface area contributed by atoms with Gasteiger partial charge in [0.15, 0.2) is 21.3 Å². The van der Waals surface area contributed by atoms with E-state index in [4.69, 9.17) is 4.74 Å². The van der Waals surface area contributed by atoms with Crippen LogP contribution in [0.4, 0.5) is 0 Å². The Morgan fingerprint density at radius 1 is 1.29 bits per heavy atom. The highest BCUT2D eigenvalue weighted by Crippen LogP contribution is 2.27. The molecule has 1 aliphatic heterocycles. The van der Waals surface area contributed by atoms with Crippen LogP contribution in [0.25, 0.3) is 0 Å². The number of hydrogen-bond donors (Lipinski definition) is 1. The van der Waals surface area contributed by atoms with E-state index in [-0.39, 0.29) is 23.4 Å². The van der Waals surface area contributed by atoms with Gasteiger partial charge in [0.25, 0.3) is 0 Å². The van der Waals surface area contributed by atoms with E-state index >= 15 is 0 Å². The number of phenols is 1. The first kappa shape index (κ1) is 9.33. The molecule has 0 spiro atoms. The predicted octanol–water partition coefficient (Wildman–Crippen LogP) is 0.568. The molecule has 1 fully saturated rings. The van der Waals surface area contributed by atoms with E-state index < -0.39 is 9.84 Å². The second-order valence-electron chi connectivity index (χ2n) is 3.28. The summed E-state index contributed by atoms with van der Waals surface area (Å²) in [6.07, 6.45) is -0.312. The summed E-state index contributed by atoms with van der Waals surface area (Å²) in [5, 5.41) is 9.33. The van der Waals surface area contributed by atoms with Crippen LogP contribution in [0.3, 0.4) is 0 Å². The maximum atomic E-state index is 10.8. The fourth-order valence-corrected chi connectivity index (χ4v) is 2.49. The Kier molecular flexibility index (Phi) is 2.11. The molecule has 0 unspecified atom stereocenters. The van der Waals surface area contributed by atoms with Gasteiger partial charge in [-0.3, -0.25) is 0 Å². The van der Waals surface area contributed by atoms with Crippen LogP contribution < -0.4 is 4.74 Å². The lowest BCUT2D eigenvalue weighted by Crippen LogP contribution is -2.45. The molecule has 14 heavy (non-hydrogen) atoms. The Hall–Kier alpha value is -1.23. The van der Waals surface area contributed by atoms with Crippen LogP contribution in [0.15, 0.2) is 24.3 Å². The fourth-order valence-electron chi connectivity index (χ4n) is 1.32. The number of phenolic OH excluding ortho intramolecular Hbond substituents is 1. The normalized spacial score (nSPS) is 20.0. The first-order valence-corrected chi connectivity index (χ1v) is 6.04. The Morgan fingerprint density at radius 3 is 2.50 bits per heavy atom. The molecule has 0 radical (unpaired) electrons. The molecule has 1 heterocycles. The van der Waals surface area contributed by atoms with Crippen molar-refractivity contribution in [3.8, 4) is 11.5 Å². The average molecular weight is 214 g/mol. The van der Waals surface area contributed by atoms with Gasteiger partial charge in [-0.25, -0.2) is 8.42 Å². The molecule has 4 nitrogen and oxygen atoms in total. The molecule has 1 saturated heterocycles. The van der Waals surface area contributed by atoms with E-state index in [0.29, 0.717) is 5.75 Å². The van der Waals surface area contributed by atoms with E-state index in [0.717, 1.165) is 0 Å². The van der Waals surface area contributed by atoms with Gasteiger partial charge in [-0.15, -0.1) is 0 Å². The number of ether oxygens (including phenoxy) is 1. The van der Waals surface area contributed by atoms with Gasteiger partial charge in [-0.2, -0.15) is 0 Å². The lowest BCUT2D eigenvalue weighted by Gasteiger charge is -2.26. The molecule has 1 aliphatic rings. The van der Waals surface area contributed by atoms with E-state index in [1.54, 1.807) is 18.2 Å². The van der Waals surface area contributed by atoms with Crippen LogP contribution in [0.5, 0.6) is 11.5 Å². The Morgan fingerprint density at radius 2 is 1.93 bits per heavy atom. The lowest BCUT2D eigenvalue weighted by molar-refractivity contribution is 0.221. The van der Waals surface area contributed by atoms with Crippen molar-refractivity contribution in [2.75, 3.05) is 11.5 Å². The highest BCUT2D eigenvalue weighted by atomic mass is 32.2. The fraction of sp³-hybridized carbons (Fsp3) is 0.333. The van der Waals surface area contributed by atoms with E-state index in [1.165, 1.54) is 6.07 Å². The highest BCUT2D eigenvalue weighted by Gasteiger charge is 2.35. The van der Waals surface area contributed by atoms with Gasteiger partial charge in [0, 0.05) is 0 Å². The van der Waals surface area contributed by atoms with Gasteiger partial charge in [-0.05, 0) is 12.1 Å². The lowest BCUT2D eigenvalue weighted by atomic mass is 10.3. The number of hydrogen-bond acceptors (Lipinski definition) is 4. The van der Waals surface area contributed by atoms with Crippen LogP contribution in [0.2, 0.25) is 0 Å². The third-order valence-corrected chi connectivity index (χ3v) is 3.80. The number of para-hydroxylation sites is 2. The quantitative estimate of drug-likeness (QED) is 0.781. The monoisotopic (exact) mass is 214 g/mol. The van der Waals surface area contributed by atoms with Crippen molar-refractivity contribution in [1.82, 2.24) is 0 Å². The van der Waals surface area contributed by atoms with Crippen LogP contribution in [0.1, 0.15) is 0 Å². The van der Waals surface area contributed by atoms with Crippen molar-refractivity contribution in [3.63, 3.8) is 0 Å². The minimum Gasteiger partial charge on any atom is -0.504 e. The molecule has 1 aromatic carbocycles. The highest BCUT2D eigenvalue weighted by molar-refractivity contribution is 7.92. The summed E-state index contributed by atoms with van der Waals surface area (Å²) < 4.78 is 26.9. The SMILES string of the molecule is O=S1(=O)CC(Oc2ccccc2O)C1. The molecule has 0 saturated carbocycles. The molecule has 5 heteroatoms. The zero-order chi connectivity index (χ0) is 10.2. The van der Waals surface area contributed by atoms with Crippen molar-refractivity contribution in [2.24, 2.45) is 0 Å². The Balaban J connectivity index is 2.03. The van der Waals surface area contributed by atoms with Gasteiger partial charge in [-0.1, -0.05) is 12.1 Å². The molecule has 0 aliphatic carbocycles. The summed E-state index contributed by atoms with van der Waals surface area (Å²) >= 11 is 0. The zero-order valence-corrected chi connectivity index (χ0v) is 8.20. The maximum Gasteiger partial charge on any atom is 0.161 e. The molecule has 0 amide bonds. The van der Waals surface area contributed by atoms with Crippen LogP contribution >= 0.6 is 0 Å². The summed E-state index contributed by atoms with van der Waals surface area (Å²) in [7, 11) is -2.87. The van der Waals surface area contributed by atoms with Gasteiger partial charge in [0.05, 0.1) is 11.5 Å². The van der Waals surface area contributed by atoms with Crippen LogP contribution in [-0.4, -0.2) is 31.1 Å². The Bertz CT molecular complexity index is 426. The number of aromatic hydroxyl groups is 1. The van der Waals surface area contributed by atoms with Crippen molar-refractivity contribution in [1.29, 1.82) is 0 Å². The summed E-state index contributed by atoms with van der Waals surface area (Å²) in [6, 6.07) is 6.52. The van der Waals surface area contributed by atoms with Crippen molar-refractivity contribution >= 4 is 9.84 Å². The van der Waals surface area contributed by atoms with E-state index in [2.05, 4.69) is 0 Å². The molecule has 0 aromatic heterocycles. The third kappa shape index (κ3) is 1.82. The summed E-state index contributed by atoms with van der Waals surface area (Å²) in [6.45, 7) is 0. The third-order valence-electron chi connectivity index (χ3n) is 2.04. The van der Waals surface area contributed by atoms with Gasteiger partial charge in [0.2, 0.25) is 0 Å².